The molecule has 3 aromatic rings. The van der Waals surface area contributed by atoms with E-state index in [0.717, 1.165) is 16.5 Å². The van der Waals surface area contributed by atoms with Crippen LogP contribution in [0.15, 0.2) is 40.9 Å². The molecule has 1 heterocycles. The lowest BCUT2D eigenvalue weighted by atomic mass is 10.1. The average molecular weight is 337 g/mol. The summed E-state index contributed by atoms with van der Waals surface area (Å²) in [5, 5.41) is 10.4. The molecule has 0 aliphatic rings. The number of anilines is 2. The Labute approximate surface area is 145 Å². The largest absolute Gasteiger partial charge is 0.356 e. The second-order valence-corrected chi connectivity index (χ2v) is 6.07. The number of carbonyl (C=O) groups is 2. The summed E-state index contributed by atoms with van der Waals surface area (Å²) in [4.78, 5) is 23.5. The van der Waals surface area contributed by atoms with Crippen LogP contribution in [0.5, 0.6) is 0 Å². The van der Waals surface area contributed by atoms with Gasteiger partial charge in [0.15, 0.2) is 5.58 Å². The van der Waals surface area contributed by atoms with Crippen LogP contribution in [0.1, 0.15) is 23.7 Å². The molecule has 0 radical (unpaired) electrons. The van der Waals surface area contributed by atoms with E-state index in [9.17, 15) is 9.59 Å². The molecule has 128 valence electrons. The monoisotopic (exact) mass is 337 g/mol. The van der Waals surface area contributed by atoms with Crippen LogP contribution in [-0.2, 0) is 16.0 Å². The van der Waals surface area contributed by atoms with Crippen molar-refractivity contribution >= 4 is 34.2 Å². The van der Waals surface area contributed by atoms with E-state index in [1.165, 1.54) is 6.92 Å². The summed E-state index contributed by atoms with van der Waals surface area (Å²) < 4.78 is 5.37. The number of hydrogen-bond acceptors (Lipinski definition) is 4. The Balaban J connectivity index is 1.76. The molecule has 0 aliphatic carbocycles. The van der Waals surface area contributed by atoms with Crippen molar-refractivity contribution in [3.63, 3.8) is 0 Å². The zero-order valence-electron chi connectivity index (χ0n) is 14.3. The van der Waals surface area contributed by atoms with E-state index in [4.69, 9.17) is 4.52 Å². The molecule has 6 heteroatoms. The van der Waals surface area contributed by atoms with Crippen LogP contribution >= 0.6 is 0 Å². The molecule has 0 saturated carbocycles. The van der Waals surface area contributed by atoms with E-state index in [1.807, 2.05) is 26.0 Å². The van der Waals surface area contributed by atoms with Crippen LogP contribution in [0.25, 0.3) is 11.0 Å². The van der Waals surface area contributed by atoms with Gasteiger partial charge in [0.2, 0.25) is 11.8 Å². The second kappa shape index (κ2) is 6.76. The first-order chi connectivity index (χ1) is 11.9. The van der Waals surface area contributed by atoms with E-state index in [-0.39, 0.29) is 18.2 Å². The number of hydrogen-bond donors (Lipinski definition) is 2. The van der Waals surface area contributed by atoms with Crippen LogP contribution in [0.2, 0.25) is 0 Å². The van der Waals surface area contributed by atoms with Crippen LogP contribution in [0, 0.1) is 13.8 Å². The van der Waals surface area contributed by atoms with Gasteiger partial charge in [0.25, 0.3) is 0 Å². The van der Waals surface area contributed by atoms with E-state index < -0.39 is 0 Å². The maximum atomic E-state index is 12.3. The minimum Gasteiger partial charge on any atom is -0.356 e. The number of nitrogens with one attached hydrogen (secondary N) is 2. The Morgan fingerprint density at radius 1 is 1.08 bits per heavy atom. The van der Waals surface area contributed by atoms with Gasteiger partial charge >= 0.3 is 0 Å². The highest BCUT2D eigenvalue weighted by Gasteiger charge is 2.14. The van der Waals surface area contributed by atoms with Crippen molar-refractivity contribution in [3.8, 4) is 0 Å². The number of amides is 2. The molecule has 0 aliphatic heterocycles. The van der Waals surface area contributed by atoms with Gasteiger partial charge in [-0.25, -0.2) is 0 Å². The van der Waals surface area contributed by atoms with Crippen molar-refractivity contribution in [2.45, 2.75) is 27.2 Å². The fourth-order valence-electron chi connectivity index (χ4n) is 2.80. The van der Waals surface area contributed by atoms with Gasteiger partial charge in [-0.05, 0) is 49.2 Å². The smallest absolute Gasteiger partial charge is 0.230 e. The zero-order chi connectivity index (χ0) is 18.0. The fourth-order valence-corrected chi connectivity index (χ4v) is 2.80. The van der Waals surface area contributed by atoms with Crippen molar-refractivity contribution in [1.82, 2.24) is 5.16 Å². The highest BCUT2D eigenvalue weighted by Crippen LogP contribution is 2.24. The van der Waals surface area contributed by atoms with Crippen molar-refractivity contribution in [2.75, 3.05) is 10.6 Å². The van der Waals surface area contributed by atoms with Crippen molar-refractivity contribution < 1.29 is 14.1 Å². The molecule has 2 N–H and O–H groups in total. The van der Waals surface area contributed by atoms with E-state index >= 15 is 0 Å². The van der Waals surface area contributed by atoms with Crippen molar-refractivity contribution in [3.05, 3.63) is 53.2 Å². The Morgan fingerprint density at radius 3 is 2.52 bits per heavy atom. The molecule has 25 heavy (non-hydrogen) atoms. The maximum absolute atomic E-state index is 12.3. The second-order valence-electron chi connectivity index (χ2n) is 6.07. The molecule has 0 bridgehead atoms. The SMILES string of the molecule is CC(=O)Nc1cccc(NC(=O)Cc2noc3c(C)cc(C)cc23)c1. The average Bonchev–Trinajstić information content (AvgIpc) is 2.90. The summed E-state index contributed by atoms with van der Waals surface area (Å²) >= 11 is 0. The highest BCUT2D eigenvalue weighted by atomic mass is 16.5. The number of nitrogens with zero attached hydrogens (tertiary/aromatic N) is 1. The number of benzene rings is 2. The van der Waals surface area contributed by atoms with E-state index in [1.54, 1.807) is 24.3 Å². The normalized spacial score (nSPS) is 10.7. The first kappa shape index (κ1) is 16.7. The number of fused-ring (bicyclic) bond motifs is 1. The summed E-state index contributed by atoms with van der Waals surface area (Å²) in [7, 11) is 0. The van der Waals surface area contributed by atoms with Gasteiger partial charge < -0.3 is 15.2 Å². The fraction of sp³-hybridized carbons (Fsp3) is 0.211. The molecule has 0 atom stereocenters. The number of aromatic nitrogens is 1. The van der Waals surface area contributed by atoms with Crippen LogP contribution in [-0.4, -0.2) is 17.0 Å². The van der Waals surface area contributed by atoms with Crippen LogP contribution in [0.4, 0.5) is 11.4 Å². The van der Waals surface area contributed by atoms with Gasteiger partial charge in [0.05, 0.1) is 6.42 Å². The highest BCUT2D eigenvalue weighted by molar-refractivity contribution is 5.96. The molecule has 1 aromatic heterocycles. The van der Waals surface area contributed by atoms with E-state index in [2.05, 4.69) is 15.8 Å². The summed E-state index contributed by atoms with van der Waals surface area (Å²) in [5.41, 5.74) is 4.65. The molecule has 0 saturated heterocycles. The number of carbonyl (C=O) groups excluding carboxylic acids is 2. The lowest BCUT2D eigenvalue weighted by Gasteiger charge is -2.07. The summed E-state index contributed by atoms with van der Waals surface area (Å²) in [6.07, 6.45) is 0.111. The predicted molar refractivity (Wildman–Crippen MR) is 96.6 cm³/mol. The summed E-state index contributed by atoms with van der Waals surface area (Å²) in [6, 6.07) is 11.0. The maximum Gasteiger partial charge on any atom is 0.230 e. The van der Waals surface area contributed by atoms with Gasteiger partial charge in [0, 0.05) is 23.7 Å². The van der Waals surface area contributed by atoms with Gasteiger partial charge in [-0.15, -0.1) is 0 Å². The first-order valence-electron chi connectivity index (χ1n) is 7.95. The van der Waals surface area contributed by atoms with E-state index in [0.29, 0.717) is 22.7 Å². The van der Waals surface area contributed by atoms with Gasteiger partial charge in [-0.1, -0.05) is 17.3 Å². The molecule has 2 aromatic carbocycles. The Kier molecular flexibility index (Phi) is 4.52. The molecular weight excluding hydrogens is 318 g/mol. The number of aryl methyl sites for hydroxylation is 2. The van der Waals surface area contributed by atoms with Gasteiger partial charge in [0.1, 0.15) is 5.69 Å². The standard InChI is InChI=1S/C19H19N3O3/c1-11-7-12(2)19-16(8-11)17(22-25-19)10-18(24)21-15-6-4-5-14(9-15)20-13(3)23/h4-9H,10H2,1-3H3,(H,20,23)(H,21,24). The third kappa shape index (κ3) is 3.85. The van der Waals surface area contributed by atoms with Crippen molar-refractivity contribution in [2.24, 2.45) is 0 Å². The molecule has 2 amide bonds. The third-order valence-corrected chi connectivity index (χ3v) is 3.77. The predicted octanol–water partition coefficient (Wildman–Crippen LogP) is 3.58. The minimum atomic E-state index is -0.200. The lowest BCUT2D eigenvalue weighted by Crippen LogP contribution is -2.15. The lowest BCUT2D eigenvalue weighted by molar-refractivity contribution is -0.116. The summed E-state index contributed by atoms with van der Waals surface area (Å²) in [5.74, 6) is -0.363. The van der Waals surface area contributed by atoms with Crippen LogP contribution in [0.3, 0.4) is 0 Å². The van der Waals surface area contributed by atoms with Crippen molar-refractivity contribution in [1.29, 1.82) is 0 Å². The molecule has 0 spiro atoms. The Morgan fingerprint density at radius 2 is 1.80 bits per heavy atom. The molecule has 0 unspecified atom stereocenters. The molecule has 6 nitrogen and oxygen atoms in total. The Hall–Kier alpha value is -3.15. The number of rotatable bonds is 4. The quantitative estimate of drug-likeness (QED) is 0.762. The molecule has 3 rings (SSSR count). The zero-order valence-corrected chi connectivity index (χ0v) is 14.3. The first-order valence-corrected chi connectivity index (χ1v) is 7.95. The van der Waals surface area contributed by atoms with Gasteiger partial charge in [-0.2, -0.15) is 0 Å². The Bertz CT molecular complexity index is 960. The molecular formula is C19H19N3O3. The topological polar surface area (TPSA) is 84.2 Å². The molecule has 0 fully saturated rings. The minimum absolute atomic E-state index is 0.111. The summed E-state index contributed by atoms with van der Waals surface area (Å²) in [6.45, 7) is 5.39. The van der Waals surface area contributed by atoms with Crippen LogP contribution < -0.4 is 10.6 Å². The van der Waals surface area contributed by atoms with Gasteiger partial charge in [-0.3, -0.25) is 9.59 Å². The third-order valence-electron chi connectivity index (χ3n) is 3.77.